The van der Waals surface area contributed by atoms with Gasteiger partial charge in [0.15, 0.2) is 5.82 Å². The van der Waals surface area contributed by atoms with E-state index in [-0.39, 0.29) is 11.9 Å². The van der Waals surface area contributed by atoms with Crippen molar-refractivity contribution < 1.29 is 4.79 Å². The van der Waals surface area contributed by atoms with Gasteiger partial charge < -0.3 is 14.8 Å². The van der Waals surface area contributed by atoms with Crippen LogP contribution in [0.25, 0.3) is 10.9 Å². The molecule has 1 saturated heterocycles. The van der Waals surface area contributed by atoms with Crippen LogP contribution in [0.3, 0.4) is 0 Å². The first-order chi connectivity index (χ1) is 13.6. The van der Waals surface area contributed by atoms with Crippen LogP contribution in [0, 0.1) is 6.92 Å². The minimum atomic E-state index is -0.0386. The summed E-state index contributed by atoms with van der Waals surface area (Å²) in [7, 11) is 2.12. The standard InChI is InChI=1S/C22H25N5O/c1-14-16-6-3-4-7-18(16)24-20(14)22(28)27-10-5-8-19(27)21-23-12-15-13-26(2)11-9-17(15)25-21/h3-4,6-7,12,19,24H,5,8-11,13H2,1-2H3/t19-/m1/s1. The van der Waals surface area contributed by atoms with E-state index in [9.17, 15) is 4.79 Å². The number of aryl methyl sites for hydroxylation is 1. The average Bonchev–Trinajstić information content (AvgIpc) is 3.32. The molecule has 0 unspecified atom stereocenters. The largest absolute Gasteiger partial charge is 0.350 e. The smallest absolute Gasteiger partial charge is 0.271 e. The van der Waals surface area contributed by atoms with Crippen LogP contribution in [-0.4, -0.2) is 50.8 Å². The number of benzene rings is 1. The Hall–Kier alpha value is -2.73. The van der Waals surface area contributed by atoms with Crippen molar-refractivity contribution in [2.75, 3.05) is 20.1 Å². The minimum absolute atomic E-state index is 0.0386. The van der Waals surface area contributed by atoms with Gasteiger partial charge in [-0.25, -0.2) is 9.97 Å². The molecule has 6 heteroatoms. The van der Waals surface area contributed by atoms with Crippen LogP contribution in [0.2, 0.25) is 0 Å². The predicted octanol–water partition coefficient (Wildman–Crippen LogP) is 3.23. The van der Waals surface area contributed by atoms with Gasteiger partial charge in [0.1, 0.15) is 5.69 Å². The molecule has 1 N–H and O–H groups in total. The topological polar surface area (TPSA) is 65.1 Å². The first-order valence-corrected chi connectivity index (χ1v) is 10.0. The zero-order valence-corrected chi connectivity index (χ0v) is 16.4. The Morgan fingerprint density at radius 1 is 1.25 bits per heavy atom. The Balaban J connectivity index is 1.47. The quantitative estimate of drug-likeness (QED) is 0.747. The van der Waals surface area contributed by atoms with Crippen molar-refractivity contribution >= 4 is 16.8 Å². The van der Waals surface area contributed by atoms with Crippen LogP contribution < -0.4 is 0 Å². The Kier molecular flexibility index (Phi) is 4.16. The average molecular weight is 375 g/mol. The summed E-state index contributed by atoms with van der Waals surface area (Å²) >= 11 is 0. The summed E-state index contributed by atoms with van der Waals surface area (Å²) in [5.74, 6) is 0.847. The van der Waals surface area contributed by atoms with Crippen LogP contribution in [0.1, 0.15) is 52.0 Å². The van der Waals surface area contributed by atoms with Gasteiger partial charge in [0.2, 0.25) is 0 Å². The predicted molar refractivity (Wildman–Crippen MR) is 108 cm³/mol. The molecular formula is C22H25N5O. The molecule has 1 atom stereocenters. The number of carbonyl (C=O) groups is 1. The van der Waals surface area contributed by atoms with Crippen LogP contribution in [0.15, 0.2) is 30.5 Å². The third-order valence-electron chi connectivity index (χ3n) is 6.13. The van der Waals surface area contributed by atoms with Crippen LogP contribution in [0.5, 0.6) is 0 Å². The zero-order valence-electron chi connectivity index (χ0n) is 16.4. The number of para-hydroxylation sites is 1. The molecule has 0 saturated carbocycles. The number of nitrogens with zero attached hydrogens (tertiary/aromatic N) is 4. The van der Waals surface area contributed by atoms with Gasteiger partial charge in [-0.15, -0.1) is 0 Å². The van der Waals surface area contributed by atoms with Gasteiger partial charge in [0.25, 0.3) is 5.91 Å². The number of H-pyrrole nitrogens is 1. The van der Waals surface area contributed by atoms with E-state index >= 15 is 0 Å². The van der Waals surface area contributed by atoms with E-state index in [0.29, 0.717) is 5.69 Å². The Labute approximate surface area is 164 Å². The number of amides is 1. The number of carbonyl (C=O) groups excluding carboxylic acids is 1. The van der Waals surface area contributed by atoms with Crippen molar-refractivity contribution in [3.63, 3.8) is 0 Å². The van der Waals surface area contributed by atoms with Crippen molar-refractivity contribution in [3.8, 4) is 0 Å². The normalized spacial score (nSPS) is 19.9. The second-order valence-corrected chi connectivity index (χ2v) is 8.02. The van der Waals surface area contributed by atoms with Gasteiger partial charge in [-0.2, -0.15) is 0 Å². The third kappa shape index (κ3) is 2.79. The van der Waals surface area contributed by atoms with E-state index in [1.165, 1.54) is 5.56 Å². The maximum absolute atomic E-state index is 13.4. The van der Waals surface area contributed by atoms with Crippen molar-refractivity contribution in [1.82, 2.24) is 24.8 Å². The Morgan fingerprint density at radius 2 is 2.11 bits per heavy atom. The minimum Gasteiger partial charge on any atom is -0.350 e. The molecule has 144 valence electrons. The van der Waals surface area contributed by atoms with E-state index in [0.717, 1.165) is 66.9 Å². The first-order valence-electron chi connectivity index (χ1n) is 10.0. The van der Waals surface area contributed by atoms with E-state index in [2.05, 4.69) is 28.0 Å². The molecule has 2 aromatic heterocycles. The molecular weight excluding hydrogens is 350 g/mol. The summed E-state index contributed by atoms with van der Waals surface area (Å²) in [4.78, 5) is 30.5. The molecule has 3 aromatic rings. The SMILES string of the molecule is Cc1c(C(=O)N2CCC[C@@H]2c2ncc3c(n2)CCN(C)C3)[nH]c2ccccc12. The second-order valence-electron chi connectivity index (χ2n) is 8.02. The molecule has 28 heavy (non-hydrogen) atoms. The van der Waals surface area contributed by atoms with Crippen LogP contribution >= 0.6 is 0 Å². The van der Waals surface area contributed by atoms with Crippen molar-refractivity contribution in [2.45, 2.75) is 38.8 Å². The lowest BCUT2D eigenvalue weighted by Crippen LogP contribution is -2.33. The number of aromatic amines is 1. The number of rotatable bonds is 2. The maximum atomic E-state index is 13.4. The van der Waals surface area contributed by atoms with Crippen LogP contribution in [-0.2, 0) is 13.0 Å². The molecule has 1 amide bonds. The monoisotopic (exact) mass is 375 g/mol. The summed E-state index contributed by atoms with van der Waals surface area (Å²) in [5, 5.41) is 1.11. The zero-order chi connectivity index (χ0) is 19.3. The molecule has 0 spiro atoms. The molecule has 2 aliphatic rings. The maximum Gasteiger partial charge on any atom is 0.271 e. The lowest BCUT2D eigenvalue weighted by molar-refractivity contribution is 0.0723. The van der Waals surface area contributed by atoms with Gasteiger partial charge in [-0.1, -0.05) is 18.2 Å². The fourth-order valence-corrected chi connectivity index (χ4v) is 4.55. The molecule has 0 radical (unpaired) electrons. The summed E-state index contributed by atoms with van der Waals surface area (Å²) in [5.41, 5.74) is 5.06. The molecule has 1 fully saturated rings. The molecule has 2 aliphatic heterocycles. The summed E-state index contributed by atoms with van der Waals surface area (Å²) in [6.45, 7) is 4.69. The van der Waals surface area contributed by atoms with E-state index in [1.807, 2.05) is 36.2 Å². The van der Waals surface area contributed by atoms with Gasteiger partial charge in [-0.3, -0.25) is 4.79 Å². The van der Waals surface area contributed by atoms with Crippen molar-refractivity contribution in [3.05, 3.63) is 58.8 Å². The number of aromatic nitrogens is 3. The molecule has 5 rings (SSSR count). The van der Waals surface area contributed by atoms with E-state index in [4.69, 9.17) is 4.98 Å². The first kappa shape index (κ1) is 17.4. The highest BCUT2D eigenvalue weighted by Crippen LogP contribution is 2.33. The summed E-state index contributed by atoms with van der Waals surface area (Å²) in [6, 6.07) is 8.04. The van der Waals surface area contributed by atoms with Crippen LogP contribution in [0.4, 0.5) is 0 Å². The number of likely N-dealkylation sites (N-methyl/N-ethyl adjacent to an activating group) is 1. The van der Waals surface area contributed by atoms with E-state index < -0.39 is 0 Å². The molecule has 6 nitrogen and oxygen atoms in total. The number of hydrogen-bond donors (Lipinski definition) is 1. The second kappa shape index (κ2) is 6.71. The molecule has 1 aromatic carbocycles. The number of nitrogens with one attached hydrogen (secondary N) is 1. The summed E-state index contributed by atoms with van der Waals surface area (Å²) in [6.07, 6.45) is 4.81. The number of hydrogen-bond acceptors (Lipinski definition) is 4. The van der Waals surface area contributed by atoms with Crippen molar-refractivity contribution in [2.24, 2.45) is 0 Å². The molecule has 4 heterocycles. The Morgan fingerprint density at radius 3 is 2.96 bits per heavy atom. The van der Waals surface area contributed by atoms with Gasteiger partial charge >= 0.3 is 0 Å². The van der Waals surface area contributed by atoms with Crippen molar-refractivity contribution in [1.29, 1.82) is 0 Å². The highest BCUT2D eigenvalue weighted by molar-refractivity contribution is 6.01. The van der Waals surface area contributed by atoms with Gasteiger partial charge in [0.05, 0.1) is 6.04 Å². The fraction of sp³-hybridized carbons (Fsp3) is 0.409. The molecule has 0 aliphatic carbocycles. The molecule has 0 bridgehead atoms. The fourth-order valence-electron chi connectivity index (χ4n) is 4.55. The van der Waals surface area contributed by atoms with E-state index in [1.54, 1.807) is 0 Å². The number of fused-ring (bicyclic) bond motifs is 2. The summed E-state index contributed by atoms with van der Waals surface area (Å²) < 4.78 is 0. The highest BCUT2D eigenvalue weighted by Gasteiger charge is 2.34. The highest BCUT2D eigenvalue weighted by atomic mass is 16.2. The number of likely N-dealkylation sites (tertiary alicyclic amines) is 1. The lowest BCUT2D eigenvalue weighted by Gasteiger charge is -2.27. The third-order valence-corrected chi connectivity index (χ3v) is 6.13. The van der Waals surface area contributed by atoms with Gasteiger partial charge in [-0.05, 0) is 38.4 Å². The Bertz CT molecular complexity index is 1060. The lowest BCUT2D eigenvalue weighted by atomic mass is 10.1. The van der Waals surface area contributed by atoms with Gasteiger partial charge in [0, 0.05) is 54.4 Å².